The standard InChI is InChI=1S/C20H21N3O3/c1-14-6-7-15(26-14)12-22-20(24)18-13-21-19(23-8-10-25-11-9-23)17-5-3-2-4-16(17)18/h2-7,13H,8-12H2,1H3,(H,22,24). The van der Waals surface area contributed by atoms with Gasteiger partial charge >= 0.3 is 0 Å². The minimum atomic E-state index is -0.156. The quantitative estimate of drug-likeness (QED) is 0.783. The Hall–Kier alpha value is -2.86. The van der Waals surface area contributed by atoms with Gasteiger partial charge in [0.2, 0.25) is 0 Å². The van der Waals surface area contributed by atoms with Gasteiger partial charge in [0.25, 0.3) is 5.91 Å². The fraction of sp³-hybridized carbons (Fsp3) is 0.300. The summed E-state index contributed by atoms with van der Waals surface area (Å²) in [6.45, 7) is 5.24. The highest BCUT2D eigenvalue weighted by Crippen LogP contribution is 2.27. The molecule has 2 aromatic heterocycles. The van der Waals surface area contributed by atoms with Crippen LogP contribution in [0.5, 0.6) is 0 Å². The van der Waals surface area contributed by atoms with Gasteiger partial charge < -0.3 is 19.4 Å². The van der Waals surface area contributed by atoms with E-state index in [-0.39, 0.29) is 5.91 Å². The van der Waals surface area contributed by atoms with Gasteiger partial charge in [-0.15, -0.1) is 0 Å². The van der Waals surface area contributed by atoms with Gasteiger partial charge in [0.05, 0.1) is 25.3 Å². The molecule has 6 nitrogen and oxygen atoms in total. The number of hydrogen-bond donors (Lipinski definition) is 1. The first-order valence-electron chi connectivity index (χ1n) is 8.76. The third-order valence-electron chi connectivity index (χ3n) is 4.55. The number of carbonyl (C=O) groups excluding carboxylic acids is 1. The number of furan rings is 1. The van der Waals surface area contributed by atoms with Crippen LogP contribution in [0.2, 0.25) is 0 Å². The van der Waals surface area contributed by atoms with Crippen molar-refractivity contribution in [2.45, 2.75) is 13.5 Å². The summed E-state index contributed by atoms with van der Waals surface area (Å²) in [7, 11) is 0. The molecule has 0 aliphatic carbocycles. The zero-order valence-electron chi connectivity index (χ0n) is 14.7. The second kappa shape index (κ2) is 7.17. The maximum atomic E-state index is 12.7. The molecule has 4 rings (SSSR count). The molecule has 1 amide bonds. The Labute approximate surface area is 151 Å². The first-order chi connectivity index (χ1) is 12.7. The number of aryl methyl sites for hydroxylation is 1. The average Bonchev–Trinajstić information content (AvgIpc) is 3.11. The lowest BCUT2D eigenvalue weighted by molar-refractivity contribution is 0.0949. The normalized spacial score (nSPS) is 14.6. The van der Waals surface area contributed by atoms with Crippen molar-refractivity contribution in [1.82, 2.24) is 10.3 Å². The fourth-order valence-electron chi connectivity index (χ4n) is 3.23. The zero-order valence-corrected chi connectivity index (χ0v) is 14.7. The molecule has 0 saturated carbocycles. The van der Waals surface area contributed by atoms with Gasteiger partial charge in [-0.3, -0.25) is 4.79 Å². The maximum absolute atomic E-state index is 12.7. The second-order valence-corrected chi connectivity index (χ2v) is 6.34. The van der Waals surface area contributed by atoms with E-state index in [1.165, 1.54) is 0 Å². The summed E-state index contributed by atoms with van der Waals surface area (Å²) >= 11 is 0. The molecule has 0 bridgehead atoms. The van der Waals surface area contributed by atoms with Crippen LogP contribution in [0.1, 0.15) is 21.9 Å². The van der Waals surface area contributed by atoms with Gasteiger partial charge in [0, 0.05) is 24.7 Å². The van der Waals surface area contributed by atoms with E-state index < -0.39 is 0 Å². The van der Waals surface area contributed by atoms with E-state index in [9.17, 15) is 4.79 Å². The number of pyridine rings is 1. The van der Waals surface area contributed by atoms with Crippen molar-refractivity contribution in [3.05, 3.63) is 59.7 Å². The molecular weight excluding hydrogens is 330 g/mol. The first kappa shape index (κ1) is 16.6. The molecule has 1 aromatic carbocycles. The number of anilines is 1. The largest absolute Gasteiger partial charge is 0.465 e. The Balaban J connectivity index is 1.62. The summed E-state index contributed by atoms with van der Waals surface area (Å²) in [4.78, 5) is 19.5. The van der Waals surface area contributed by atoms with Crippen LogP contribution in [0.15, 0.2) is 47.0 Å². The van der Waals surface area contributed by atoms with E-state index >= 15 is 0 Å². The summed E-state index contributed by atoms with van der Waals surface area (Å²) in [6, 6.07) is 11.6. The van der Waals surface area contributed by atoms with Gasteiger partial charge in [-0.05, 0) is 24.4 Å². The SMILES string of the molecule is Cc1ccc(CNC(=O)c2cnc(N3CCOCC3)c3ccccc23)o1. The molecule has 0 unspecified atom stereocenters. The van der Waals surface area contributed by atoms with Gasteiger partial charge in [-0.25, -0.2) is 4.98 Å². The number of aromatic nitrogens is 1. The number of rotatable bonds is 4. The van der Waals surface area contributed by atoms with Crippen molar-refractivity contribution in [3.8, 4) is 0 Å². The van der Waals surface area contributed by atoms with Crippen molar-refractivity contribution in [3.63, 3.8) is 0 Å². The number of carbonyl (C=O) groups is 1. The molecule has 0 spiro atoms. The summed E-state index contributed by atoms with van der Waals surface area (Å²) in [6.07, 6.45) is 1.66. The number of hydrogen-bond acceptors (Lipinski definition) is 5. The predicted molar refractivity (Wildman–Crippen MR) is 99.4 cm³/mol. The van der Waals surface area contributed by atoms with E-state index in [2.05, 4.69) is 15.2 Å². The third-order valence-corrected chi connectivity index (χ3v) is 4.55. The number of amides is 1. The third kappa shape index (κ3) is 3.28. The zero-order chi connectivity index (χ0) is 17.9. The van der Waals surface area contributed by atoms with Gasteiger partial charge in [0.1, 0.15) is 17.3 Å². The maximum Gasteiger partial charge on any atom is 0.253 e. The van der Waals surface area contributed by atoms with E-state index in [0.29, 0.717) is 25.3 Å². The number of benzene rings is 1. The van der Waals surface area contributed by atoms with Crippen LogP contribution in [0, 0.1) is 6.92 Å². The Morgan fingerprint density at radius 2 is 1.92 bits per heavy atom. The molecule has 3 aromatic rings. The van der Waals surface area contributed by atoms with E-state index in [0.717, 1.165) is 41.2 Å². The average molecular weight is 351 g/mol. The summed E-state index contributed by atoms with van der Waals surface area (Å²) in [5, 5.41) is 4.80. The van der Waals surface area contributed by atoms with Gasteiger partial charge in [-0.2, -0.15) is 0 Å². The predicted octanol–water partition coefficient (Wildman–Crippen LogP) is 2.90. The van der Waals surface area contributed by atoms with Crippen molar-refractivity contribution in [2.24, 2.45) is 0 Å². The van der Waals surface area contributed by atoms with Crippen LogP contribution >= 0.6 is 0 Å². The summed E-state index contributed by atoms with van der Waals surface area (Å²) in [5.74, 6) is 2.31. The van der Waals surface area contributed by atoms with E-state index in [1.807, 2.05) is 43.3 Å². The number of nitrogens with one attached hydrogen (secondary N) is 1. The minimum absolute atomic E-state index is 0.156. The summed E-state index contributed by atoms with van der Waals surface area (Å²) < 4.78 is 10.9. The highest BCUT2D eigenvalue weighted by molar-refractivity contribution is 6.09. The second-order valence-electron chi connectivity index (χ2n) is 6.34. The highest BCUT2D eigenvalue weighted by Gasteiger charge is 2.19. The highest BCUT2D eigenvalue weighted by atomic mass is 16.5. The van der Waals surface area contributed by atoms with Crippen molar-refractivity contribution >= 4 is 22.5 Å². The molecule has 1 aliphatic heterocycles. The van der Waals surface area contributed by atoms with E-state index in [1.54, 1.807) is 6.20 Å². The van der Waals surface area contributed by atoms with Gasteiger partial charge in [0.15, 0.2) is 0 Å². The molecule has 1 fully saturated rings. The molecular formula is C20H21N3O3. The monoisotopic (exact) mass is 351 g/mol. The number of morpholine rings is 1. The topological polar surface area (TPSA) is 67.6 Å². The number of fused-ring (bicyclic) bond motifs is 1. The van der Waals surface area contributed by atoms with Crippen LogP contribution in [-0.4, -0.2) is 37.2 Å². The van der Waals surface area contributed by atoms with Crippen LogP contribution in [0.25, 0.3) is 10.8 Å². The van der Waals surface area contributed by atoms with Crippen molar-refractivity contribution in [2.75, 3.05) is 31.2 Å². The molecule has 3 heterocycles. The summed E-state index contributed by atoms with van der Waals surface area (Å²) in [5.41, 5.74) is 0.570. The Morgan fingerprint density at radius 3 is 2.65 bits per heavy atom. The molecule has 0 radical (unpaired) electrons. The first-order valence-corrected chi connectivity index (χ1v) is 8.76. The van der Waals surface area contributed by atoms with E-state index in [4.69, 9.17) is 9.15 Å². The Morgan fingerprint density at radius 1 is 1.15 bits per heavy atom. The Kier molecular flexibility index (Phi) is 4.58. The smallest absolute Gasteiger partial charge is 0.253 e. The lowest BCUT2D eigenvalue weighted by Crippen LogP contribution is -2.37. The minimum Gasteiger partial charge on any atom is -0.465 e. The molecule has 6 heteroatoms. The van der Waals surface area contributed by atoms with Crippen LogP contribution in [-0.2, 0) is 11.3 Å². The lowest BCUT2D eigenvalue weighted by Gasteiger charge is -2.29. The molecule has 26 heavy (non-hydrogen) atoms. The molecule has 0 atom stereocenters. The fourth-order valence-corrected chi connectivity index (χ4v) is 3.23. The van der Waals surface area contributed by atoms with Crippen molar-refractivity contribution in [1.29, 1.82) is 0 Å². The van der Waals surface area contributed by atoms with Crippen molar-refractivity contribution < 1.29 is 13.9 Å². The Bertz CT molecular complexity index is 929. The number of ether oxygens (including phenoxy) is 1. The lowest BCUT2D eigenvalue weighted by atomic mass is 10.1. The van der Waals surface area contributed by atoms with Crippen LogP contribution in [0.3, 0.4) is 0 Å². The molecule has 134 valence electrons. The van der Waals surface area contributed by atoms with Crippen LogP contribution < -0.4 is 10.2 Å². The van der Waals surface area contributed by atoms with Crippen LogP contribution in [0.4, 0.5) is 5.82 Å². The van der Waals surface area contributed by atoms with Gasteiger partial charge in [-0.1, -0.05) is 24.3 Å². The molecule has 1 saturated heterocycles. The molecule has 1 aliphatic rings. The molecule has 1 N–H and O–H groups in total. The number of nitrogens with zero attached hydrogens (tertiary/aromatic N) is 2.